The average Bonchev–Trinajstić information content (AvgIpc) is 2.57. The molecule has 0 amide bonds. The Morgan fingerprint density at radius 1 is 0.714 bits per heavy atom. The third-order valence-electron chi connectivity index (χ3n) is 2.38. The molecule has 0 unspecified atom stereocenters. The second-order valence-corrected chi connectivity index (χ2v) is 5.35. The van der Waals surface area contributed by atoms with E-state index < -0.39 is 17.9 Å². The van der Waals surface area contributed by atoms with Gasteiger partial charge in [0.05, 0.1) is 0 Å². The summed E-state index contributed by atoms with van der Waals surface area (Å²) in [6.07, 6.45) is 1.36. The first-order chi connectivity index (χ1) is 12.3. The van der Waals surface area contributed by atoms with Crippen molar-refractivity contribution in [2.45, 2.75) is 33.6 Å². The van der Waals surface area contributed by atoms with Crippen molar-refractivity contribution < 1.29 is 45.0 Å². The van der Waals surface area contributed by atoms with Gasteiger partial charge in [-0.05, 0) is 33.6 Å². The number of rotatable bonds is 8. The molecule has 0 radical (unpaired) electrons. The minimum absolute atomic E-state index is 0. The molecule has 0 aliphatic carbocycles. The van der Waals surface area contributed by atoms with E-state index in [-0.39, 0.29) is 61.3 Å². The maximum atomic E-state index is 9.60. The van der Waals surface area contributed by atoms with Crippen molar-refractivity contribution in [1.29, 1.82) is 0 Å². The van der Waals surface area contributed by atoms with Gasteiger partial charge in [0.15, 0.2) is 0 Å². The Bertz CT molecular complexity index is 390. The first-order valence-electron chi connectivity index (χ1n) is 7.77. The molecule has 0 saturated heterocycles. The number of carboxylic acid groups (broad SMARTS) is 3. The number of hydrogen-bond acceptors (Lipinski definition) is 6. The molecular weight excluding hydrogens is 367 g/mol. The van der Waals surface area contributed by atoms with Crippen molar-refractivity contribution in [3.8, 4) is 0 Å². The third kappa shape index (κ3) is 39.3. The quantitative estimate of drug-likeness (QED) is 0.253. The molecule has 160 valence electrons. The fraction of sp³-hybridized carbons (Fsp3) is 0.500. The van der Waals surface area contributed by atoms with Crippen LogP contribution in [0, 0.1) is 5.92 Å². The van der Waals surface area contributed by atoms with Crippen molar-refractivity contribution >= 4 is 36.8 Å². The fourth-order valence-corrected chi connectivity index (χ4v) is 0.620. The van der Waals surface area contributed by atoms with Gasteiger partial charge in [-0.1, -0.05) is 19.7 Å². The van der Waals surface area contributed by atoms with Gasteiger partial charge in [0.2, 0.25) is 0 Å². The van der Waals surface area contributed by atoms with Crippen LogP contribution in [-0.4, -0.2) is 87.2 Å². The van der Waals surface area contributed by atoms with Gasteiger partial charge in [0, 0.05) is 42.5 Å². The molecule has 0 atom stereocenters. The van der Waals surface area contributed by atoms with Crippen LogP contribution in [0.25, 0.3) is 0 Å². The molecular formula is C18H33LiO9. The van der Waals surface area contributed by atoms with Crippen molar-refractivity contribution in [2.24, 2.45) is 5.92 Å². The monoisotopic (exact) mass is 400 g/mol. The summed E-state index contributed by atoms with van der Waals surface area (Å²) in [5.41, 5.74) is 0.528. The molecule has 0 saturated carbocycles. The number of aliphatic carboxylic acids is 3. The Balaban J connectivity index is -0.0000000846. The van der Waals surface area contributed by atoms with Crippen LogP contribution in [0.5, 0.6) is 0 Å². The summed E-state index contributed by atoms with van der Waals surface area (Å²) in [6.45, 7) is 14.0. The van der Waals surface area contributed by atoms with Crippen LogP contribution in [0.1, 0.15) is 33.6 Å². The number of carbonyl (C=O) groups is 3. The molecule has 0 bridgehead atoms. The molecule has 0 spiro atoms. The summed E-state index contributed by atoms with van der Waals surface area (Å²) in [4.78, 5) is 28.8. The van der Waals surface area contributed by atoms with Crippen LogP contribution in [0.3, 0.4) is 0 Å². The second kappa shape index (κ2) is 25.1. The van der Waals surface area contributed by atoms with Crippen LogP contribution in [0.4, 0.5) is 0 Å². The van der Waals surface area contributed by atoms with Gasteiger partial charge < -0.3 is 30.6 Å². The predicted octanol–water partition coefficient (Wildman–Crippen LogP) is 0.653. The van der Waals surface area contributed by atoms with E-state index in [1.807, 2.05) is 0 Å². The van der Waals surface area contributed by atoms with E-state index in [4.69, 9.17) is 30.6 Å². The fourth-order valence-electron chi connectivity index (χ4n) is 0.620. The van der Waals surface area contributed by atoms with Gasteiger partial charge in [0.1, 0.15) is 0 Å². The normalized spacial score (nSPS) is 8.25. The van der Waals surface area contributed by atoms with E-state index in [0.717, 1.165) is 0 Å². The Labute approximate surface area is 177 Å². The van der Waals surface area contributed by atoms with Gasteiger partial charge >= 0.3 is 36.8 Å². The molecule has 10 heteroatoms. The van der Waals surface area contributed by atoms with Crippen LogP contribution in [0.2, 0.25) is 0 Å². The van der Waals surface area contributed by atoms with E-state index in [0.29, 0.717) is 12.8 Å². The van der Waals surface area contributed by atoms with Gasteiger partial charge in [-0.3, -0.25) is 0 Å². The number of carboxylic acids is 3. The molecule has 0 aliphatic heterocycles. The first-order valence-corrected chi connectivity index (χ1v) is 7.77. The predicted molar refractivity (Wildman–Crippen MR) is 108 cm³/mol. The van der Waals surface area contributed by atoms with Crippen molar-refractivity contribution in [3.05, 3.63) is 36.5 Å². The molecule has 9 nitrogen and oxygen atoms in total. The van der Waals surface area contributed by atoms with E-state index in [1.165, 1.54) is 20.8 Å². The van der Waals surface area contributed by atoms with Crippen LogP contribution in [-0.2, 0) is 14.4 Å². The summed E-state index contributed by atoms with van der Waals surface area (Å²) in [5.74, 6) is -2.85. The van der Waals surface area contributed by atoms with Crippen LogP contribution < -0.4 is 0 Å². The number of aliphatic hydroxyl groups is 3. The minimum atomic E-state index is -0.935. The standard InChI is InChI=1S/C6H14O3.3C4H6O2.Li.H/c7-3-1-2-6(4-8)5-9;3*1-3(2)4(5)6;;/h6-9H,1-5H2;3*1H2,2H3,(H,5,6);;. The SMILES string of the molecule is C=C(C)C(=O)O.C=C(C)C(=O)O.C=C(C)C(=O)O.OCCCC(CO)CO.[LiH]. The van der Waals surface area contributed by atoms with E-state index in [1.54, 1.807) is 0 Å². The zero-order chi connectivity index (χ0) is 22.6. The summed E-state index contributed by atoms with van der Waals surface area (Å²) in [6, 6.07) is 0. The molecule has 0 fully saturated rings. The van der Waals surface area contributed by atoms with Crippen molar-refractivity contribution in [1.82, 2.24) is 0 Å². The first kappa shape index (κ1) is 36.9. The molecule has 0 aromatic heterocycles. The van der Waals surface area contributed by atoms with Crippen molar-refractivity contribution in [2.75, 3.05) is 19.8 Å². The van der Waals surface area contributed by atoms with Crippen molar-refractivity contribution in [3.63, 3.8) is 0 Å². The Morgan fingerprint density at radius 2 is 0.929 bits per heavy atom. The molecule has 0 aromatic carbocycles. The van der Waals surface area contributed by atoms with E-state index in [9.17, 15) is 14.4 Å². The van der Waals surface area contributed by atoms with Gasteiger partial charge in [0.25, 0.3) is 0 Å². The molecule has 6 N–H and O–H groups in total. The maximum absolute atomic E-state index is 9.60. The molecule has 28 heavy (non-hydrogen) atoms. The Kier molecular flexibility index (Phi) is 33.1. The van der Waals surface area contributed by atoms with E-state index in [2.05, 4.69) is 19.7 Å². The molecule has 0 heterocycles. The molecule has 0 aromatic rings. The van der Waals surface area contributed by atoms with Crippen LogP contribution in [0.15, 0.2) is 36.5 Å². The zero-order valence-corrected chi connectivity index (χ0v) is 16.1. The van der Waals surface area contributed by atoms with E-state index >= 15 is 0 Å². The summed E-state index contributed by atoms with van der Waals surface area (Å²) >= 11 is 0. The Morgan fingerprint density at radius 3 is 1.04 bits per heavy atom. The summed E-state index contributed by atoms with van der Waals surface area (Å²) in [5, 5.41) is 49.0. The topological polar surface area (TPSA) is 173 Å². The van der Waals surface area contributed by atoms with Gasteiger partial charge in [-0.15, -0.1) is 0 Å². The second-order valence-electron chi connectivity index (χ2n) is 5.35. The third-order valence-corrected chi connectivity index (χ3v) is 2.38. The molecule has 0 rings (SSSR count). The zero-order valence-electron chi connectivity index (χ0n) is 16.1. The molecule has 0 aliphatic rings. The summed E-state index contributed by atoms with van der Waals surface area (Å²) < 4.78 is 0. The number of hydrogen-bond donors (Lipinski definition) is 6. The van der Waals surface area contributed by atoms with Gasteiger partial charge in [-0.25, -0.2) is 14.4 Å². The number of aliphatic hydroxyl groups excluding tert-OH is 3. The average molecular weight is 400 g/mol. The van der Waals surface area contributed by atoms with Gasteiger partial charge in [-0.2, -0.15) is 0 Å². The van der Waals surface area contributed by atoms with Crippen LogP contribution >= 0.6 is 0 Å². The Hall–Kier alpha value is -1.89. The summed E-state index contributed by atoms with van der Waals surface area (Å²) in [7, 11) is 0.